The highest BCUT2D eigenvalue weighted by molar-refractivity contribution is 7.90. The van der Waals surface area contributed by atoms with Crippen molar-refractivity contribution in [3.8, 4) is 5.75 Å². The van der Waals surface area contributed by atoms with E-state index in [1.807, 2.05) is 37.3 Å². The molecule has 5 atom stereocenters. The average Bonchev–Trinajstić information content (AvgIpc) is 3.12. The minimum absolute atomic E-state index is 0.212. The largest absolute Gasteiger partial charge is 0.487 e. The third-order valence-electron chi connectivity index (χ3n) is 12.3. The summed E-state index contributed by atoms with van der Waals surface area (Å²) < 4.78 is 43.1. The second-order valence-corrected chi connectivity index (χ2v) is 18.4. The topological polar surface area (TPSA) is 91.4 Å². The number of anilines is 1. The molecule has 2 bridgehead atoms. The van der Waals surface area contributed by atoms with Crippen LogP contribution in [-0.4, -0.2) is 94.4 Å². The number of carbonyl (C=O) groups is 1. The maximum Gasteiger partial charge on any atom is 0.264 e. The second-order valence-electron chi connectivity index (χ2n) is 15.9. The van der Waals surface area contributed by atoms with Gasteiger partial charge in [0.2, 0.25) is 10.0 Å². The number of ether oxygens (including phenoxy) is 2. The first kappa shape index (κ1) is 39.1. The molecule has 6 rings (SSSR count). The average molecular weight is 755 g/mol. The van der Waals surface area contributed by atoms with Crippen molar-refractivity contribution in [2.45, 2.75) is 95.6 Å². The Labute approximate surface area is 317 Å². The Morgan fingerprint density at radius 3 is 2.52 bits per heavy atom. The maximum absolute atomic E-state index is 13.6. The lowest BCUT2D eigenvalue weighted by atomic mass is 9.63. The number of hydrogen-bond donors (Lipinski definition) is 1. The van der Waals surface area contributed by atoms with Gasteiger partial charge in [-0.15, -0.1) is 0 Å². The van der Waals surface area contributed by atoms with E-state index in [1.165, 1.54) is 5.56 Å². The summed E-state index contributed by atoms with van der Waals surface area (Å²) in [5.74, 6) is 0.511. The molecule has 0 radical (unpaired) electrons. The van der Waals surface area contributed by atoms with Gasteiger partial charge in [-0.3, -0.25) is 4.79 Å². The molecule has 0 aromatic heterocycles. The molecule has 1 aliphatic carbocycles. The zero-order valence-electron chi connectivity index (χ0n) is 31.8. The van der Waals surface area contributed by atoms with E-state index >= 15 is 0 Å². The minimum atomic E-state index is -3.95. The van der Waals surface area contributed by atoms with Crippen LogP contribution in [0, 0.1) is 17.8 Å². The smallest absolute Gasteiger partial charge is 0.264 e. The van der Waals surface area contributed by atoms with Crippen molar-refractivity contribution >= 4 is 33.2 Å². The highest BCUT2D eigenvalue weighted by Gasteiger charge is 2.49. The molecule has 3 heterocycles. The van der Waals surface area contributed by atoms with E-state index in [2.05, 4.69) is 52.6 Å². The van der Waals surface area contributed by atoms with Crippen LogP contribution in [0.3, 0.4) is 0 Å². The molecule has 9 nitrogen and oxygen atoms in total. The Morgan fingerprint density at radius 1 is 1.02 bits per heavy atom. The first-order valence-electron chi connectivity index (χ1n) is 19.4. The molecule has 2 fully saturated rings. The van der Waals surface area contributed by atoms with Crippen molar-refractivity contribution in [2.75, 3.05) is 58.3 Å². The van der Waals surface area contributed by atoms with Gasteiger partial charge in [0.05, 0.1) is 10.9 Å². The van der Waals surface area contributed by atoms with E-state index in [-0.39, 0.29) is 5.92 Å². The van der Waals surface area contributed by atoms with Crippen LogP contribution in [0.4, 0.5) is 5.69 Å². The number of halogens is 1. The summed E-state index contributed by atoms with van der Waals surface area (Å²) in [6.45, 7) is 11.2. The molecule has 2 aromatic carbocycles. The summed E-state index contributed by atoms with van der Waals surface area (Å²) in [6.07, 6.45) is 12.3. The number of amides is 1. The predicted octanol–water partition coefficient (Wildman–Crippen LogP) is 6.93. The molecule has 1 amide bonds. The van der Waals surface area contributed by atoms with Crippen LogP contribution < -0.4 is 14.4 Å². The van der Waals surface area contributed by atoms with E-state index in [0.29, 0.717) is 48.8 Å². The lowest BCUT2D eigenvalue weighted by Crippen LogP contribution is -2.58. The van der Waals surface area contributed by atoms with Crippen LogP contribution in [0.1, 0.15) is 87.2 Å². The van der Waals surface area contributed by atoms with Crippen molar-refractivity contribution in [2.24, 2.45) is 17.8 Å². The monoisotopic (exact) mass is 754 g/mol. The normalized spacial score (nSPS) is 29.8. The molecule has 11 heteroatoms. The third kappa shape index (κ3) is 8.84. The molecule has 1 saturated carbocycles. The maximum atomic E-state index is 13.6. The number of hydrogen-bond acceptors (Lipinski definition) is 8. The Hall–Kier alpha value is -2.63. The molecule has 1 unspecified atom stereocenters. The van der Waals surface area contributed by atoms with Gasteiger partial charge in [-0.2, -0.15) is 0 Å². The van der Waals surface area contributed by atoms with Crippen molar-refractivity contribution in [3.05, 3.63) is 70.3 Å². The molecule has 1 N–H and O–H groups in total. The fourth-order valence-corrected chi connectivity index (χ4v) is 10.2. The molecule has 3 aliphatic heterocycles. The van der Waals surface area contributed by atoms with Crippen LogP contribution in [0.15, 0.2) is 48.6 Å². The van der Waals surface area contributed by atoms with Crippen molar-refractivity contribution in [1.82, 2.24) is 14.5 Å². The van der Waals surface area contributed by atoms with E-state index in [0.717, 1.165) is 93.9 Å². The Balaban J connectivity index is 1.39. The van der Waals surface area contributed by atoms with Gasteiger partial charge in [0.15, 0.2) is 0 Å². The van der Waals surface area contributed by atoms with Crippen LogP contribution in [0.25, 0.3) is 0 Å². The van der Waals surface area contributed by atoms with Crippen LogP contribution in [-0.2, 0) is 27.8 Å². The summed E-state index contributed by atoms with van der Waals surface area (Å²) in [7, 11) is 0.403. The minimum Gasteiger partial charge on any atom is -0.487 e. The first-order valence-corrected chi connectivity index (χ1v) is 21.4. The van der Waals surface area contributed by atoms with Gasteiger partial charge in [-0.05, 0) is 152 Å². The van der Waals surface area contributed by atoms with E-state index in [9.17, 15) is 13.2 Å². The number of allylic oxidation sites excluding steroid dienone is 1. The Morgan fingerprint density at radius 2 is 1.81 bits per heavy atom. The highest BCUT2D eigenvalue weighted by Crippen LogP contribution is 2.47. The Bertz CT molecular complexity index is 1690. The number of nitrogens with one attached hydrogen (secondary N) is 1. The number of carbonyl (C=O) groups excluding carboxylic acids is 1. The van der Waals surface area contributed by atoms with E-state index in [1.54, 1.807) is 13.0 Å². The molecule has 4 aliphatic rings. The standard InChI is InChI=1S/C41H59ClN4O5S/c1-6-51-41(28-45-22-18-36(19-23-45)44(4)5)20-9-10-29(2)30(3)52(48,49)43-40(47)32-14-17-39-38(25-32)46(26-33-13-16-37(33)41)21-8-7-11-31-24-35(42)15-12-34(31)27-50-39/h9,12,14-15,17,20,24-25,29-30,33,36-37H,6-8,10-11,13,16,18-19,21-23,26-28H2,1-5H3,(H,43,47)/b20-9+/t29-,30+,33-,37?,41+/m0/s1. The van der Waals surface area contributed by atoms with Gasteiger partial charge in [-0.25, -0.2) is 13.1 Å². The fraction of sp³-hybridized carbons (Fsp3) is 0.634. The molecule has 2 aromatic rings. The number of rotatable bonds is 5. The molecule has 286 valence electrons. The first-order chi connectivity index (χ1) is 24.9. The van der Waals surface area contributed by atoms with Crippen molar-refractivity contribution < 1.29 is 22.7 Å². The number of sulfonamides is 1. The summed E-state index contributed by atoms with van der Waals surface area (Å²) in [6, 6.07) is 11.9. The zero-order chi connectivity index (χ0) is 37.0. The fourth-order valence-electron chi connectivity index (χ4n) is 8.76. The van der Waals surface area contributed by atoms with Crippen molar-refractivity contribution in [1.29, 1.82) is 0 Å². The lowest BCUT2D eigenvalue weighted by Gasteiger charge is -2.52. The third-order valence-corrected chi connectivity index (χ3v) is 14.5. The quantitative estimate of drug-likeness (QED) is 0.329. The molecule has 1 saturated heterocycles. The van der Waals surface area contributed by atoms with Gasteiger partial charge < -0.3 is 24.2 Å². The highest BCUT2D eigenvalue weighted by atomic mass is 35.5. The Kier molecular flexibility index (Phi) is 12.6. The summed E-state index contributed by atoms with van der Waals surface area (Å²) in [5.41, 5.74) is 2.92. The second kappa shape index (κ2) is 16.8. The van der Waals surface area contributed by atoms with Crippen LogP contribution >= 0.6 is 11.6 Å². The number of aryl methyl sites for hydroxylation is 1. The van der Waals surface area contributed by atoms with Gasteiger partial charge in [0.25, 0.3) is 5.91 Å². The van der Waals surface area contributed by atoms with E-state index in [4.69, 9.17) is 21.1 Å². The number of piperidine rings is 1. The van der Waals surface area contributed by atoms with Gasteiger partial charge in [0.1, 0.15) is 18.0 Å². The predicted molar refractivity (Wildman–Crippen MR) is 210 cm³/mol. The number of likely N-dealkylation sites (tertiary alicyclic amines) is 1. The number of benzene rings is 2. The van der Waals surface area contributed by atoms with Crippen molar-refractivity contribution in [3.63, 3.8) is 0 Å². The van der Waals surface area contributed by atoms with Crippen LogP contribution in [0.5, 0.6) is 5.75 Å². The van der Waals surface area contributed by atoms with E-state index < -0.39 is 26.8 Å². The molecular formula is C41H59ClN4O5S. The van der Waals surface area contributed by atoms with Gasteiger partial charge in [-0.1, -0.05) is 36.7 Å². The molecule has 52 heavy (non-hydrogen) atoms. The number of fused-ring (bicyclic) bond motifs is 3. The van der Waals surface area contributed by atoms with Crippen LogP contribution in [0.2, 0.25) is 5.02 Å². The summed E-state index contributed by atoms with van der Waals surface area (Å²) in [4.78, 5) is 20.9. The summed E-state index contributed by atoms with van der Waals surface area (Å²) in [5, 5.41) is -0.0513. The zero-order valence-corrected chi connectivity index (χ0v) is 33.4. The van der Waals surface area contributed by atoms with Gasteiger partial charge in [0, 0.05) is 42.9 Å². The molecule has 0 spiro atoms. The van der Waals surface area contributed by atoms with Gasteiger partial charge >= 0.3 is 0 Å². The SMILES string of the molecule is CCO[C@@]1(CN2CCC(N(C)C)CC2)/C=C/C[C@H](C)[C@@H](C)S(=O)(=O)NC(=O)c2ccc3c(c2)N(CCCCc2cc(Cl)ccc2CO3)C[C@@H]2CCC21. The molecular weight excluding hydrogens is 696 g/mol. The summed E-state index contributed by atoms with van der Waals surface area (Å²) >= 11 is 6.41. The number of nitrogens with zero attached hydrogens (tertiary/aromatic N) is 3. The lowest BCUT2D eigenvalue weighted by molar-refractivity contribution is -0.111.